The Hall–Kier alpha value is -1.22. The highest BCUT2D eigenvalue weighted by molar-refractivity contribution is 6.35. The highest BCUT2D eigenvalue weighted by atomic mass is 35.5. The summed E-state index contributed by atoms with van der Waals surface area (Å²) >= 11 is 12.0. The van der Waals surface area contributed by atoms with Crippen LogP contribution in [-0.2, 0) is 13.0 Å². The molecule has 20 heavy (non-hydrogen) atoms. The van der Waals surface area contributed by atoms with Crippen molar-refractivity contribution in [3.63, 3.8) is 0 Å². The molecule has 0 amide bonds. The summed E-state index contributed by atoms with van der Waals surface area (Å²) in [5.74, 6) is 0.520. The summed E-state index contributed by atoms with van der Waals surface area (Å²) in [5.41, 5.74) is 1.89. The minimum absolute atomic E-state index is 0.145. The molecule has 0 heterocycles. The van der Waals surface area contributed by atoms with Gasteiger partial charge in [0.15, 0.2) is 0 Å². The lowest BCUT2D eigenvalue weighted by molar-refractivity contribution is 0.261. The lowest BCUT2D eigenvalue weighted by Crippen LogP contribution is -2.02. The van der Waals surface area contributed by atoms with Crippen LogP contribution in [0.3, 0.4) is 0 Å². The van der Waals surface area contributed by atoms with E-state index in [-0.39, 0.29) is 6.61 Å². The fourth-order valence-corrected chi connectivity index (χ4v) is 2.58. The van der Waals surface area contributed by atoms with Crippen LogP contribution in [-0.4, -0.2) is 11.7 Å². The Kier molecular flexibility index (Phi) is 5.72. The Balaban J connectivity index is 1.91. The van der Waals surface area contributed by atoms with E-state index >= 15 is 0 Å². The van der Waals surface area contributed by atoms with E-state index in [0.29, 0.717) is 28.0 Å². The van der Waals surface area contributed by atoms with Crippen LogP contribution >= 0.6 is 23.2 Å². The molecule has 0 saturated heterocycles. The van der Waals surface area contributed by atoms with E-state index in [0.717, 1.165) is 12.8 Å². The van der Waals surface area contributed by atoms with Gasteiger partial charge >= 0.3 is 0 Å². The topological polar surface area (TPSA) is 29.5 Å². The molecule has 0 aliphatic rings. The second-order valence-corrected chi connectivity index (χ2v) is 5.32. The molecule has 0 aliphatic heterocycles. The van der Waals surface area contributed by atoms with E-state index < -0.39 is 0 Å². The number of ether oxygens (including phenoxy) is 1. The molecular weight excluding hydrogens is 295 g/mol. The smallest absolute Gasteiger partial charge is 0.143 e. The van der Waals surface area contributed by atoms with Crippen molar-refractivity contribution < 1.29 is 9.84 Å². The highest BCUT2D eigenvalue weighted by Crippen LogP contribution is 2.32. The third-order valence-corrected chi connectivity index (χ3v) is 3.45. The van der Waals surface area contributed by atoms with Gasteiger partial charge < -0.3 is 9.84 Å². The summed E-state index contributed by atoms with van der Waals surface area (Å²) in [6.45, 7) is 0.400. The van der Waals surface area contributed by atoms with Crippen molar-refractivity contribution in [2.45, 2.75) is 19.4 Å². The van der Waals surface area contributed by atoms with Gasteiger partial charge in [0, 0.05) is 10.6 Å². The fraction of sp³-hybridized carbons (Fsp3) is 0.250. The number of aryl methyl sites for hydroxylation is 1. The molecule has 106 valence electrons. The van der Waals surface area contributed by atoms with Gasteiger partial charge in [-0.25, -0.2) is 0 Å². The Morgan fingerprint density at radius 3 is 2.50 bits per heavy atom. The van der Waals surface area contributed by atoms with Crippen molar-refractivity contribution in [2.24, 2.45) is 0 Å². The first kappa shape index (κ1) is 15.2. The van der Waals surface area contributed by atoms with E-state index in [2.05, 4.69) is 12.1 Å². The van der Waals surface area contributed by atoms with Crippen molar-refractivity contribution in [3.05, 3.63) is 63.6 Å². The van der Waals surface area contributed by atoms with Gasteiger partial charge in [-0.15, -0.1) is 0 Å². The van der Waals surface area contributed by atoms with Crippen LogP contribution in [0.4, 0.5) is 0 Å². The summed E-state index contributed by atoms with van der Waals surface area (Å²) in [6.07, 6.45) is 1.83. The average Bonchev–Trinajstić information content (AvgIpc) is 2.45. The molecule has 0 bridgehead atoms. The zero-order valence-electron chi connectivity index (χ0n) is 11.0. The van der Waals surface area contributed by atoms with Gasteiger partial charge in [0.25, 0.3) is 0 Å². The average molecular weight is 311 g/mol. The molecule has 0 saturated carbocycles. The number of aliphatic hydroxyl groups excluding tert-OH is 1. The molecule has 0 radical (unpaired) electrons. The summed E-state index contributed by atoms with van der Waals surface area (Å²) in [6, 6.07) is 13.5. The number of hydrogen-bond donors (Lipinski definition) is 1. The van der Waals surface area contributed by atoms with Crippen molar-refractivity contribution in [1.29, 1.82) is 0 Å². The molecule has 0 aliphatic carbocycles. The fourth-order valence-electron chi connectivity index (χ4n) is 1.99. The largest absolute Gasteiger partial charge is 0.492 e. The molecular formula is C16H16Cl2O2. The molecule has 2 aromatic carbocycles. The monoisotopic (exact) mass is 310 g/mol. The first-order chi connectivity index (χ1) is 9.70. The molecule has 2 aromatic rings. The van der Waals surface area contributed by atoms with Crippen LogP contribution in [0.2, 0.25) is 10.0 Å². The Bertz CT molecular complexity index is 556. The molecule has 1 N–H and O–H groups in total. The van der Waals surface area contributed by atoms with Gasteiger partial charge in [-0.2, -0.15) is 0 Å². The van der Waals surface area contributed by atoms with Crippen LogP contribution in [0.15, 0.2) is 42.5 Å². The Labute approximate surface area is 128 Å². The van der Waals surface area contributed by atoms with E-state index in [4.69, 9.17) is 27.9 Å². The lowest BCUT2D eigenvalue weighted by atomic mass is 10.1. The molecule has 0 unspecified atom stereocenters. The van der Waals surface area contributed by atoms with E-state index in [9.17, 15) is 5.11 Å². The third kappa shape index (κ3) is 4.14. The minimum Gasteiger partial charge on any atom is -0.492 e. The Morgan fingerprint density at radius 1 is 1.05 bits per heavy atom. The predicted molar refractivity (Wildman–Crippen MR) is 82.6 cm³/mol. The molecule has 2 rings (SSSR count). The predicted octanol–water partition coefficient (Wildman–Crippen LogP) is 4.50. The lowest BCUT2D eigenvalue weighted by Gasteiger charge is -2.12. The normalized spacial score (nSPS) is 10.6. The molecule has 0 spiro atoms. The summed E-state index contributed by atoms with van der Waals surface area (Å²) < 4.78 is 5.68. The number of hydrogen-bond acceptors (Lipinski definition) is 2. The molecule has 0 atom stereocenters. The van der Waals surface area contributed by atoms with Gasteiger partial charge in [0.05, 0.1) is 18.2 Å². The molecule has 4 heteroatoms. The first-order valence-electron chi connectivity index (χ1n) is 6.46. The minimum atomic E-state index is -0.145. The summed E-state index contributed by atoms with van der Waals surface area (Å²) in [4.78, 5) is 0. The maximum absolute atomic E-state index is 9.30. The quantitative estimate of drug-likeness (QED) is 0.796. The third-order valence-electron chi connectivity index (χ3n) is 2.95. The number of rotatable bonds is 6. The second kappa shape index (κ2) is 7.53. The zero-order valence-corrected chi connectivity index (χ0v) is 12.5. The van der Waals surface area contributed by atoms with E-state index in [1.165, 1.54) is 5.56 Å². The van der Waals surface area contributed by atoms with Crippen LogP contribution in [0.1, 0.15) is 17.5 Å². The first-order valence-corrected chi connectivity index (χ1v) is 7.22. The van der Waals surface area contributed by atoms with Crippen molar-refractivity contribution in [2.75, 3.05) is 6.61 Å². The summed E-state index contributed by atoms with van der Waals surface area (Å²) in [7, 11) is 0. The van der Waals surface area contributed by atoms with Crippen LogP contribution in [0.5, 0.6) is 5.75 Å². The molecule has 2 nitrogen and oxygen atoms in total. The van der Waals surface area contributed by atoms with Gasteiger partial charge in [-0.3, -0.25) is 0 Å². The summed E-state index contributed by atoms with van der Waals surface area (Å²) in [5, 5.41) is 10.2. The van der Waals surface area contributed by atoms with Crippen LogP contribution < -0.4 is 4.74 Å². The molecule has 0 aromatic heterocycles. The van der Waals surface area contributed by atoms with E-state index in [1.54, 1.807) is 12.1 Å². The number of aliphatic hydroxyl groups is 1. The second-order valence-electron chi connectivity index (χ2n) is 4.47. The van der Waals surface area contributed by atoms with Crippen molar-refractivity contribution in [1.82, 2.24) is 0 Å². The van der Waals surface area contributed by atoms with Crippen molar-refractivity contribution in [3.8, 4) is 5.75 Å². The maximum atomic E-state index is 9.30. The number of benzene rings is 2. The molecule has 0 fully saturated rings. The maximum Gasteiger partial charge on any atom is 0.143 e. The van der Waals surface area contributed by atoms with Crippen LogP contribution in [0, 0.1) is 0 Å². The van der Waals surface area contributed by atoms with Gasteiger partial charge in [0.1, 0.15) is 5.75 Å². The van der Waals surface area contributed by atoms with Gasteiger partial charge in [-0.05, 0) is 30.5 Å². The van der Waals surface area contributed by atoms with Crippen molar-refractivity contribution >= 4 is 23.2 Å². The van der Waals surface area contributed by atoms with Crippen LogP contribution in [0.25, 0.3) is 0 Å². The SMILES string of the molecule is OCc1cc(Cl)cc(Cl)c1OCCCc1ccccc1. The number of halogens is 2. The Morgan fingerprint density at radius 2 is 1.80 bits per heavy atom. The standard InChI is InChI=1S/C16H16Cl2O2/c17-14-9-13(11-19)16(15(18)10-14)20-8-4-7-12-5-2-1-3-6-12/h1-3,5-6,9-10,19H,4,7-8,11H2. The van der Waals surface area contributed by atoms with Gasteiger partial charge in [0.2, 0.25) is 0 Å². The van der Waals surface area contributed by atoms with E-state index in [1.807, 2.05) is 18.2 Å². The highest BCUT2D eigenvalue weighted by Gasteiger charge is 2.10. The van der Waals surface area contributed by atoms with Gasteiger partial charge in [-0.1, -0.05) is 53.5 Å². The zero-order chi connectivity index (χ0) is 14.4.